The van der Waals surface area contributed by atoms with Gasteiger partial charge in [-0.15, -0.1) is 0 Å². The predicted octanol–water partition coefficient (Wildman–Crippen LogP) is 4.19. The minimum Gasteiger partial charge on any atom is -0.480 e. The third-order valence-corrected chi connectivity index (χ3v) is 5.94. The third kappa shape index (κ3) is 5.17. The number of rotatable bonds is 8. The molecule has 0 heterocycles. The summed E-state index contributed by atoms with van der Waals surface area (Å²) >= 11 is 0. The lowest BCUT2D eigenvalue weighted by Crippen LogP contribution is -2.44. The van der Waals surface area contributed by atoms with Crippen molar-refractivity contribution in [2.45, 2.75) is 18.9 Å². The van der Waals surface area contributed by atoms with E-state index in [0.29, 0.717) is 0 Å². The van der Waals surface area contributed by atoms with Crippen molar-refractivity contribution in [3.8, 4) is 11.1 Å². The zero-order chi connectivity index (χ0) is 24.9. The van der Waals surface area contributed by atoms with Gasteiger partial charge in [-0.2, -0.15) is 0 Å². The molecule has 1 aliphatic rings. The van der Waals surface area contributed by atoms with Gasteiger partial charge in [0.05, 0.1) is 17.9 Å². The summed E-state index contributed by atoms with van der Waals surface area (Å²) in [5, 5.41) is 14.3. The molecule has 0 fully saturated rings. The molecule has 0 aliphatic heterocycles. The first-order valence-corrected chi connectivity index (χ1v) is 11.1. The summed E-state index contributed by atoms with van der Waals surface area (Å²) in [7, 11) is 1.35. The molecule has 1 aliphatic carbocycles. The van der Waals surface area contributed by atoms with Crippen LogP contribution in [0.1, 0.15) is 33.0 Å². The highest BCUT2D eigenvalue weighted by Gasteiger charge is 2.29. The second-order valence-corrected chi connectivity index (χ2v) is 8.32. The molecule has 0 spiro atoms. The van der Waals surface area contributed by atoms with Crippen molar-refractivity contribution in [1.82, 2.24) is 5.32 Å². The Labute approximate surface area is 202 Å². The number of aryl methyl sites for hydroxylation is 1. The van der Waals surface area contributed by atoms with Crippen LogP contribution in [0, 0.1) is 6.92 Å². The van der Waals surface area contributed by atoms with Crippen LogP contribution in [-0.2, 0) is 14.3 Å². The van der Waals surface area contributed by atoms with Gasteiger partial charge in [0.2, 0.25) is 0 Å². The molecule has 35 heavy (non-hydrogen) atoms. The van der Waals surface area contributed by atoms with Gasteiger partial charge in [0, 0.05) is 13.0 Å². The normalized spacial score (nSPS) is 12.9. The van der Waals surface area contributed by atoms with E-state index >= 15 is 0 Å². The average Bonchev–Trinajstić information content (AvgIpc) is 3.17. The molecular weight excluding hydrogens is 448 g/mol. The lowest BCUT2D eigenvalue weighted by molar-refractivity contribution is -0.140. The number of methoxy groups -OCH3 is 1. The van der Waals surface area contributed by atoms with E-state index < -0.39 is 24.0 Å². The van der Waals surface area contributed by atoms with Crippen LogP contribution in [0.5, 0.6) is 0 Å². The second-order valence-electron chi connectivity index (χ2n) is 8.32. The number of carboxylic acids is 1. The first-order chi connectivity index (χ1) is 16.9. The zero-order valence-corrected chi connectivity index (χ0v) is 19.4. The Balaban J connectivity index is 1.48. The molecule has 0 radical (unpaired) electrons. The fraction of sp³-hybridized carbons (Fsp3) is 0.222. The standard InChI is InChI=1S/C27H26N2O6/c1-16-11-12-23(21(13-16)25(30)28-24(15-34-2)26(31)32)29-27(33)35-14-22-19-9-5-3-7-17(19)18-8-4-6-10-20(18)22/h3-13,22,24H,14-15H2,1-2H3,(H,28,30)(H,29,33)(H,31,32). The Kier molecular flexibility index (Phi) is 7.12. The molecular formula is C27H26N2O6. The van der Waals surface area contributed by atoms with Gasteiger partial charge in [0.1, 0.15) is 6.61 Å². The summed E-state index contributed by atoms with van der Waals surface area (Å²) in [5.74, 6) is -1.97. The quantitative estimate of drug-likeness (QED) is 0.451. The predicted molar refractivity (Wildman–Crippen MR) is 131 cm³/mol. The van der Waals surface area contributed by atoms with Gasteiger partial charge in [-0.3, -0.25) is 10.1 Å². The molecule has 180 valence electrons. The topological polar surface area (TPSA) is 114 Å². The number of hydrogen-bond donors (Lipinski definition) is 3. The van der Waals surface area contributed by atoms with Crippen molar-refractivity contribution in [2.75, 3.05) is 25.6 Å². The highest BCUT2D eigenvalue weighted by molar-refractivity contribution is 6.04. The highest BCUT2D eigenvalue weighted by Crippen LogP contribution is 2.44. The van der Waals surface area contributed by atoms with Crippen LogP contribution in [0.15, 0.2) is 66.7 Å². The van der Waals surface area contributed by atoms with E-state index in [1.165, 1.54) is 7.11 Å². The number of ether oxygens (including phenoxy) is 2. The molecule has 0 saturated heterocycles. The first-order valence-electron chi connectivity index (χ1n) is 11.1. The summed E-state index contributed by atoms with van der Waals surface area (Å²) in [4.78, 5) is 36.9. The first kappa shape index (κ1) is 24.0. The Morgan fingerprint density at radius 3 is 2.20 bits per heavy atom. The summed E-state index contributed by atoms with van der Waals surface area (Å²) < 4.78 is 10.4. The van der Waals surface area contributed by atoms with Crippen LogP contribution in [0.25, 0.3) is 11.1 Å². The lowest BCUT2D eigenvalue weighted by atomic mass is 9.98. The van der Waals surface area contributed by atoms with E-state index in [2.05, 4.69) is 22.8 Å². The van der Waals surface area contributed by atoms with Gasteiger partial charge in [0.15, 0.2) is 6.04 Å². The van der Waals surface area contributed by atoms with Crippen LogP contribution in [-0.4, -0.2) is 49.4 Å². The van der Waals surface area contributed by atoms with Crippen LogP contribution < -0.4 is 10.6 Å². The fourth-order valence-electron chi connectivity index (χ4n) is 4.28. The maximum absolute atomic E-state index is 12.8. The van der Waals surface area contributed by atoms with Crippen molar-refractivity contribution < 1.29 is 29.0 Å². The molecule has 3 N–H and O–H groups in total. The molecule has 2 amide bonds. The summed E-state index contributed by atoms with van der Waals surface area (Å²) in [6.45, 7) is 1.72. The number of hydrogen-bond acceptors (Lipinski definition) is 5. The molecule has 0 aromatic heterocycles. The summed E-state index contributed by atoms with van der Waals surface area (Å²) in [6, 6.07) is 19.7. The summed E-state index contributed by atoms with van der Waals surface area (Å²) in [5.41, 5.74) is 5.54. The highest BCUT2D eigenvalue weighted by atomic mass is 16.5. The van der Waals surface area contributed by atoms with E-state index in [4.69, 9.17) is 9.47 Å². The number of carboxylic acid groups (broad SMARTS) is 1. The Hall–Kier alpha value is -4.17. The van der Waals surface area contributed by atoms with E-state index in [1.54, 1.807) is 25.1 Å². The fourth-order valence-corrected chi connectivity index (χ4v) is 4.28. The molecule has 4 rings (SSSR count). The SMILES string of the molecule is COCC(NC(=O)c1cc(C)ccc1NC(=O)OCC1c2ccccc2-c2ccccc21)C(=O)O. The van der Waals surface area contributed by atoms with Gasteiger partial charge >= 0.3 is 12.1 Å². The van der Waals surface area contributed by atoms with Gasteiger partial charge < -0.3 is 19.9 Å². The average molecular weight is 475 g/mol. The lowest BCUT2D eigenvalue weighted by Gasteiger charge is -2.17. The van der Waals surface area contributed by atoms with E-state index in [0.717, 1.165) is 27.8 Å². The van der Waals surface area contributed by atoms with Crippen molar-refractivity contribution in [2.24, 2.45) is 0 Å². The maximum Gasteiger partial charge on any atom is 0.411 e. The molecule has 3 aromatic carbocycles. The summed E-state index contributed by atoms with van der Waals surface area (Å²) in [6.07, 6.45) is -0.712. The largest absolute Gasteiger partial charge is 0.480 e. The number of amides is 2. The van der Waals surface area contributed by atoms with Crippen molar-refractivity contribution >= 4 is 23.7 Å². The smallest absolute Gasteiger partial charge is 0.411 e. The molecule has 0 saturated carbocycles. The Bertz CT molecular complexity index is 1230. The Morgan fingerprint density at radius 1 is 0.971 bits per heavy atom. The number of aliphatic carboxylic acids is 1. The van der Waals surface area contributed by atoms with Crippen LogP contribution in [0.4, 0.5) is 10.5 Å². The van der Waals surface area contributed by atoms with Crippen molar-refractivity contribution in [3.05, 3.63) is 89.0 Å². The molecule has 8 heteroatoms. The van der Waals surface area contributed by atoms with Crippen molar-refractivity contribution in [1.29, 1.82) is 0 Å². The number of benzene rings is 3. The van der Waals surface area contributed by atoms with Crippen molar-refractivity contribution in [3.63, 3.8) is 0 Å². The van der Waals surface area contributed by atoms with Gasteiger partial charge in [-0.05, 0) is 41.3 Å². The van der Waals surface area contributed by atoms with E-state index in [1.807, 2.05) is 36.4 Å². The number of carbonyl (C=O) groups is 3. The minimum atomic E-state index is -1.23. The van der Waals surface area contributed by atoms with E-state index in [-0.39, 0.29) is 30.4 Å². The number of nitrogens with one attached hydrogen (secondary N) is 2. The minimum absolute atomic E-state index is 0.0979. The molecule has 3 aromatic rings. The monoisotopic (exact) mass is 474 g/mol. The number of carbonyl (C=O) groups excluding carboxylic acids is 2. The van der Waals surface area contributed by atoms with Crippen LogP contribution >= 0.6 is 0 Å². The second kappa shape index (κ2) is 10.4. The molecule has 1 unspecified atom stereocenters. The third-order valence-electron chi connectivity index (χ3n) is 5.94. The van der Waals surface area contributed by atoms with Crippen LogP contribution in [0.2, 0.25) is 0 Å². The van der Waals surface area contributed by atoms with Gasteiger partial charge in [-0.25, -0.2) is 9.59 Å². The number of anilines is 1. The number of fused-ring (bicyclic) bond motifs is 3. The van der Waals surface area contributed by atoms with Gasteiger partial charge in [0.25, 0.3) is 5.91 Å². The van der Waals surface area contributed by atoms with Crippen LogP contribution in [0.3, 0.4) is 0 Å². The van der Waals surface area contributed by atoms with Gasteiger partial charge in [-0.1, -0.05) is 60.2 Å². The van der Waals surface area contributed by atoms with E-state index in [9.17, 15) is 19.5 Å². The molecule has 1 atom stereocenters. The zero-order valence-electron chi connectivity index (χ0n) is 19.4. The molecule has 0 bridgehead atoms. The maximum atomic E-state index is 12.8. The Morgan fingerprint density at radius 2 is 1.60 bits per heavy atom. The molecule has 8 nitrogen and oxygen atoms in total.